The standard InChI is InChI=1S/C19H20N6OS/c1-11-5-6-13(17-21-10-22-24-17)7-15(11)16-8-14(9-20)18(23-12(2)27-4)25(3)19(16)26/h5-10H,2,20H2,1,3-4H3,(H,21,22,24)/b14-9-,23-18+. The van der Waals surface area contributed by atoms with E-state index >= 15 is 0 Å². The van der Waals surface area contributed by atoms with E-state index in [0.717, 1.165) is 16.7 Å². The molecule has 0 aliphatic carbocycles. The van der Waals surface area contributed by atoms with Gasteiger partial charge in [0.05, 0.1) is 5.03 Å². The minimum absolute atomic E-state index is 0.161. The van der Waals surface area contributed by atoms with Crippen LogP contribution < -0.4 is 5.73 Å². The van der Waals surface area contributed by atoms with Crippen LogP contribution in [0.5, 0.6) is 0 Å². The van der Waals surface area contributed by atoms with Crippen molar-refractivity contribution in [1.82, 2.24) is 20.1 Å². The van der Waals surface area contributed by atoms with Crippen molar-refractivity contribution in [3.05, 3.63) is 65.1 Å². The maximum Gasteiger partial charge on any atom is 0.259 e. The van der Waals surface area contributed by atoms with Crippen LogP contribution in [0.25, 0.3) is 17.0 Å². The lowest BCUT2D eigenvalue weighted by molar-refractivity contribution is -0.120. The molecule has 1 aromatic carbocycles. The first-order chi connectivity index (χ1) is 13.0. The maximum atomic E-state index is 13.1. The van der Waals surface area contributed by atoms with Crippen molar-refractivity contribution in [1.29, 1.82) is 0 Å². The Hall–Kier alpha value is -3.13. The highest BCUT2D eigenvalue weighted by Gasteiger charge is 2.29. The number of nitrogens with two attached hydrogens (primary N) is 1. The number of hydrogen-bond acceptors (Lipinski definition) is 6. The molecule has 2 aromatic rings. The van der Waals surface area contributed by atoms with E-state index in [1.165, 1.54) is 29.2 Å². The summed E-state index contributed by atoms with van der Waals surface area (Å²) in [5.41, 5.74) is 9.64. The highest BCUT2D eigenvalue weighted by atomic mass is 32.2. The molecular weight excluding hydrogens is 360 g/mol. The smallest absolute Gasteiger partial charge is 0.259 e. The molecule has 7 nitrogen and oxygen atoms in total. The fourth-order valence-corrected chi connectivity index (χ4v) is 2.95. The van der Waals surface area contributed by atoms with E-state index in [9.17, 15) is 4.79 Å². The summed E-state index contributed by atoms with van der Waals surface area (Å²) in [6.07, 6.45) is 6.61. The second kappa shape index (κ2) is 7.63. The number of H-pyrrole nitrogens is 1. The number of nitrogens with zero attached hydrogens (tertiary/aromatic N) is 4. The van der Waals surface area contributed by atoms with Crippen molar-refractivity contribution in [3.63, 3.8) is 0 Å². The summed E-state index contributed by atoms with van der Waals surface area (Å²) in [4.78, 5) is 21.9. The van der Waals surface area contributed by atoms with E-state index in [1.54, 1.807) is 13.1 Å². The monoisotopic (exact) mass is 380 g/mol. The molecule has 0 radical (unpaired) electrons. The Morgan fingerprint density at radius 3 is 2.85 bits per heavy atom. The third-order valence-electron chi connectivity index (χ3n) is 4.27. The number of hydrogen-bond donors (Lipinski definition) is 2. The average Bonchev–Trinajstić information content (AvgIpc) is 3.21. The van der Waals surface area contributed by atoms with Gasteiger partial charge in [-0.3, -0.25) is 9.69 Å². The highest BCUT2D eigenvalue weighted by Crippen LogP contribution is 2.30. The predicted molar refractivity (Wildman–Crippen MR) is 110 cm³/mol. The number of aromatic nitrogens is 3. The van der Waals surface area contributed by atoms with Crippen LogP contribution in [0, 0.1) is 6.92 Å². The van der Waals surface area contributed by atoms with Crippen LogP contribution in [0.2, 0.25) is 0 Å². The molecule has 0 saturated heterocycles. The number of amidine groups is 1. The third kappa shape index (κ3) is 3.56. The molecule has 0 spiro atoms. The molecule has 3 N–H and O–H groups in total. The van der Waals surface area contributed by atoms with Gasteiger partial charge in [-0.25, -0.2) is 4.99 Å². The molecule has 0 fully saturated rings. The van der Waals surface area contributed by atoms with Gasteiger partial charge in [-0.15, -0.1) is 22.0 Å². The van der Waals surface area contributed by atoms with Gasteiger partial charge in [0.2, 0.25) is 0 Å². The second-order valence-corrected chi connectivity index (χ2v) is 6.82. The minimum atomic E-state index is -0.161. The van der Waals surface area contributed by atoms with Crippen molar-refractivity contribution in [2.75, 3.05) is 13.3 Å². The molecule has 27 heavy (non-hydrogen) atoms. The van der Waals surface area contributed by atoms with E-state index in [0.29, 0.717) is 27.8 Å². The van der Waals surface area contributed by atoms with Crippen molar-refractivity contribution in [2.24, 2.45) is 10.7 Å². The molecule has 1 amide bonds. The molecule has 0 unspecified atom stereocenters. The van der Waals surface area contributed by atoms with Crippen LogP contribution in [-0.2, 0) is 4.79 Å². The van der Waals surface area contributed by atoms with Crippen molar-refractivity contribution >= 4 is 29.1 Å². The predicted octanol–water partition coefficient (Wildman–Crippen LogP) is 2.71. The van der Waals surface area contributed by atoms with Crippen LogP contribution in [0.1, 0.15) is 11.1 Å². The molecule has 0 bridgehead atoms. The summed E-state index contributed by atoms with van der Waals surface area (Å²) < 4.78 is 0. The number of benzene rings is 1. The molecule has 138 valence electrons. The molecule has 1 aliphatic heterocycles. The first-order valence-electron chi connectivity index (χ1n) is 8.17. The van der Waals surface area contributed by atoms with Gasteiger partial charge in [-0.2, -0.15) is 0 Å². The van der Waals surface area contributed by atoms with Gasteiger partial charge in [-0.05, 0) is 36.4 Å². The van der Waals surface area contributed by atoms with Gasteiger partial charge in [0.1, 0.15) is 12.2 Å². The van der Waals surface area contributed by atoms with E-state index < -0.39 is 0 Å². The number of carbonyl (C=O) groups excluding carboxylic acids is 1. The lowest BCUT2D eigenvalue weighted by Gasteiger charge is -2.27. The van der Waals surface area contributed by atoms with Crippen LogP contribution in [0.4, 0.5) is 0 Å². The van der Waals surface area contributed by atoms with Gasteiger partial charge >= 0.3 is 0 Å². The number of aromatic amines is 1. The number of amides is 1. The Balaban J connectivity index is 2.12. The number of aryl methyl sites for hydroxylation is 1. The zero-order valence-corrected chi connectivity index (χ0v) is 16.2. The zero-order valence-electron chi connectivity index (χ0n) is 15.4. The summed E-state index contributed by atoms with van der Waals surface area (Å²) in [7, 11) is 1.68. The number of likely N-dealkylation sites (N-methyl/N-ethyl adjacent to an activating group) is 1. The molecular formula is C19H20N6OS. The van der Waals surface area contributed by atoms with Crippen LogP contribution >= 0.6 is 11.8 Å². The van der Waals surface area contributed by atoms with Gasteiger partial charge in [0, 0.05) is 30.0 Å². The Labute approximate surface area is 161 Å². The van der Waals surface area contributed by atoms with Gasteiger partial charge in [0.25, 0.3) is 5.91 Å². The minimum Gasteiger partial charge on any atom is -0.404 e. The lowest BCUT2D eigenvalue weighted by atomic mass is 9.92. The van der Waals surface area contributed by atoms with Crippen LogP contribution in [0.15, 0.2) is 59.0 Å². The first-order valence-corrected chi connectivity index (χ1v) is 9.39. The van der Waals surface area contributed by atoms with E-state index in [4.69, 9.17) is 5.73 Å². The molecule has 2 heterocycles. The highest BCUT2D eigenvalue weighted by molar-refractivity contribution is 8.02. The summed E-state index contributed by atoms with van der Waals surface area (Å²) in [6.45, 7) is 5.82. The Bertz CT molecular complexity index is 988. The molecule has 3 rings (SSSR count). The van der Waals surface area contributed by atoms with E-state index in [-0.39, 0.29) is 5.91 Å². The van der Waals surface area contributed by atoms with Gasteiger partial charge < -0.3 is 10.7 Å². The van der Waals surface area contributed by atoms with Gasteiger partial charge in [-0.1, -0.05) is 18.7 Å². The SMILES string of the molecule is C=C(/N=C1\C(=C/N)C=C(c2cc(-c3nnc[nH]3)ccc2C)C(=O)N1C)SC. The Kier molecular flexibility index (Phi) is 5.27. The third-order valence-corrected chi connectivity index (χ3v) is 4.84. The number of rotatable bonds is 4. The topological polar surface area (TPSA) is 100 Å². The van der Waals surface area contributed by atoms with Crippen molar-refractivity contribution in [3.8, 4) is 11.4 Å². The number of carbonyl (C=O) groups is 1. The maximum absolute atomic E-state index is 13.1. The summed E-state index contributed by atoms with van der Waals surface area (Å²) >= 11 is 1.41. The molecule has 1 aromatic heterocycles. The fraction of sp³-hybridized carbons (Fsp3) is 0.158. The number of thioether (sulfide) groups is 1. The van der Waals surface area contributed by atoms with Crippen molar-refractivity contribution < 1.29 is 4.79 Å². The first kappa shape index (κ1) is 18.7. The summed E-state index contributed by atoms with van der Waals surface area (Å²) in [5.74, 6) is 0.960. The normalized spacial score (nSPS) is 17.5. The summed E-state index contributed by atoms with van der Waals surface area (Å²) in [5, 5.41) is 8.45. The zero-order chi connectivity index (χ0) is 19.6. The number of aliphatic imine (C=N–C) groups is 1. The largest absolute Gasteiger partial charge is 0.404 e. The van der Waals surface area contributed by atoms with E-state index in [2.05, 4.69) is 26.8 Å². The fourth-order valence-electron chi connectivity index (χ4n) is 2.78. The molecule has 0 atom stereocenters. The van der Waals surface area contributed by atoms with Crippen LogP contribution in [-0.4, -0.2) is 45.1 Å². The van der Waals surface area contributed by atoms with Gasteiger partial charge in [0.15, 0.2) is 5.82 Å². The Morgan fingerprint density at radius 1 is 1.44 bits per heavy atom. The quantitative estimate of drug-likeness (QED) is 0.849. The van der Waals surface area contributed by atoms with E-state index in [1.807, 2.05) is 31.4 Å². The molecule has 0 saturated carbocycles. The average molecular weight is 380 g/mol. The number of nitrogens with one attached hydrogen (secondary N) is 1. The van der Waals surface area contributed by atoms with Crippen molar-refractivity contribution in [2.45, 2.75) is 6.92 Å². The van der Waals surface area contributed by atoms with Crippen LogP contribution in [0.3, 0.4) is 0 Å². The summed E-state index contributed by atoms with van der Waals surface area (Å²) in [6, 6.07) is 5.81. The molecule has 1 aliphatic rings. The Morgan fingerprint density at radius 2 is 2.22 bits per heavy atom. The second-order valence-electron chi connectivity index (χ2n) is 5.94. The lowest BCUT2D eigenvalue weighted by Crippen LogP contribution is -2.38. The molecule has 8 heteroatoms.